The molecule has 1 heterocycles. The summed E-state index contributed by atoms with van der Waals surface area (Å²) in [6.45, 7) is 0.739. The van der Waals surface area contributed by atoms with Crippen molar-refractivity contribution in [3.05, 3.63) is 35.9 Å². The standard InChI is InChI=1S/C25H38N6O6/c26-13-5-4-9-19(25(36)37)30-22(33)18(11-12-21(28)32)29-23(34)20-10-6-14-31(20)24(35)17(27)15-16-7-2-1-3-8-16/h1-3,7-8,17-20H,4-6,9-15,26-27H2,(H2,28,32)(H,29,34)(H,30,33)(H,36,37). The maximum absolute atomic E-state index is 13.2. The number of hydrogen-bond donors (Lipinski definition) is 6. The number of amides is 4. The molecule has 0 spiro atoms. The monoisotopic (exact) mass is 518 g/mol. The van der Waals surface area contributed by atoms with Crippen molar-refractivity contribution in [2.45, 2.75) is 75.5 Å². The SMILES string of the molecule is NCCCCC(NC(=O)C(CCC(N)=O)NC(=O)C1CCCN1C(=O)C(N)Cc1ccccc1)C(=O)O. The smallest absolute Gasteiger partial charge is 0.326 e. The third-order valence-electron chi connectivity index (χ3n) is 6.33. The van der Waals surface area contributed by atoms with E-state index in [-0.39, 0.29) is 25.2 Å². The molecule has 12 nitrogen and oxygen atoms in total. The summed E-state index contributed by atoms with van der Waals surface area (Å²) in [6, 6.07) is 5.24. The molecule has 1 saturated heterocycles. The van der Waals surface area contributed by atoms with Crippen molar-refractivity contribution in [3.63, 3.8) is 0 Å². The molecule has 4 amide bonds. The summed E-state index contributed by atoms with van der Waals surface area (Å²) in [4.78, 5) is 63.5. The number of rotatable bonds is 15. The van der Waals surface area contributed by atoms with Crippen molar-refractivity contribution >= 4 is 29.6 Å². The van der Waals surface area contributed by atoms with E-state index in [1.807, 2.05) is 30.3 Å². The summed E-state index contributed by atoms with van der Waals surface area (Å²) in [5.74, 6) is -3.58. The van der Waals surface area contributed by atoms with Gasteiger partial charge in [0.05, 0.1) is 6.04 Å². The topological polar surface area (TPSA) is 211 Å². The lowest BCUT2D eigenvalue weighted by molar-refractivity contribution is -0.143. The summed E-state index contributed by atoms with van der Waals surface area (Å²) in [6.07, 6.45) is 2.23. The molecule has 1 aromatic carbocycles. The fourth-order valence-electron chi connectivity index (χ4n) is 4.32. The van der Waals surface area contributed by atoms with Crippen molar-refractivity contribution in [2.75, 3.05) is 13.1 Å². The van der Waals surface area contributed by atoms with E-state index in [0.29, 0.717) is 45.2 Å². The van der Waals surface area contributed by atoms with Crippen LogP contribution in [0.5, 0.6) is 0 Å². The van der Waals surface area contributed by atoms with Gasteiger partial charge in [0.15, 0.2) is 0 Å². The first-order chi connectivity index (χ1) is 17.6. The van der Waals surface area contributed by atoms with Crippen LogP contribution in [0.1, 0.15) is 50.5 Å². The van der Waals surface area contributed by atoms with E-state index in [1.54, 1.807) is 0 Å². The Labute approximate surface area is 216 Å². The van der Waals surface area contributed by atoms with Gasteiger partial charge in [0.1, 0.15) is 18.1 Å². The van der Waals surface area contributed by atoms with Crippen LogP contribution in [0.3, 0.4) is 0 Å². The highest BCUT2D eigenvalue weighted by Crippen LogP contribution is 2.20. The number of hydrogen-bond acceptors (Lipinski definition) is 7. The summed E-state index contributed by atoms with van der Waals surface area (Å²) in [5.41, 5.74) is 17.7. The number of nitrogens with two attached hydrogens (primary N) is 3. The number of benzene rings is 1. The maximum atomic E-state index is 13.2. The molecular formula is C25H38N6O6. The molecular weight excluding hydrogens is 480 g/mol. The van der Waals surface area contributed by atoms with Crippen LogP contribution in [0.15, 0.2) is 30.3 Å². The predicted octanol–water partition coefficient (Wildman–Crippen LogP) is -1.00. The van der Waals surface area contributed by atoms with Crippen LogP contribution in [0.2, 0.25) is 0 Å². The third-order valence-corrected chi connectivity index (χ3v) is 6.33. The Hall–Kier alpha value is -3.51. The van der Waals surface area contributed by atoms with Gasteiger partial charge in [-0.2, -0.15) is 0 Å². The number of carbonyl (C=O) groups excluding carboxylic acids is 4. The molecule has 4 unspecified atom stereocenters. The Kier molecular flexibility index (Phi) is 12.0. The molecule has 0 aromatic heterocycles. The second kappa shape index (κ2) is 14.9. The first-order valence-electron chi connectivity index (χ1n) is 12.6. The van der Waals surface area contributed by atoms with Crippen molar-refractivity contribution in [1.82, 2.24) is 15.5 Å². The number of nitrogens with one attached hydrogen (secondary N) is 2. The molecule has 1 aliphatic rings. The molecule has 1 fully saturated rings. The number of carboxylic acids is 1. The number of primary amides is 1. The van der Waals surface area contributed by atoms with Gasteiger partial charge in [0, 0.05) is 13.0 Å². The summed E-state index contributed by atoms with van der Waals surface area (Å²) < 4.78 is 0. The number of aliphatic carboxylic acids is 1. The average Bonchev–Trinajstić information content (AvgIpc) is 3.35. The maximum Gasteiger partial charge on any atom is 0.326 e. The lowest BCUT2D eigenvalue weighted by atomic mass is 10.0. The van der Waals surface area contributed by atoms with E-state index >= 15 is 0 Å². The lowest BCUT2D eigenvalue weighted by Gasteiger charge is -2.28. The van der Waals surface area contributed by atoms with Crippen LogP contribution in [-0.2, 0) is 30.4 Å². The lowest BCUT2D eigenvalue weighted by Crippen LogP contribution is -2.56. The van der Waals surface area contributed by atoms with Gasteiger partial charge in [-0.1, -0.05) is 30.3 Å². The minimum absolute atomic E-state index is 0.115. The number of unbranched alkanes of at least 4 members (excludes halogenated alkanes) is 1. The number of carboxylic acid groups (broad SMARTS) is 1. The van der Waals surface area contributed by atoms with E-state index in [9.17, 15) is 29.1 Å². The van der Waals surface area contributed by atoms with Gasteiger partial charge in [0.25, 0.3) is 0 Å². The Morgan fingerprint density at radius 2 is 1.73 bits per heavy atom. The molecule has 9 N–H and O–H groups in total. The molecule has 4 atom stereocenters. The fraction of sp³-hybridized carbons (Fsp3) is 0.560. The molecule has 0 radical (unpaired) electrons. The van der Waals surface area contributed by atoms with Gasteiger partial charge in [-0.3, -0.25) is 19.2 Å². The molecule has 204 valence electrons. The molecule has 1 aliphatic heterocycles. The van der Waals surface area contributed by atoms with Gasteiger partial charge in [-0.05, 0) is 57.1 Å². The fourth-order valence-corrected chi connectivity index (χ4v) is 4.32. The second-order valence-corrected chi connectivity index (χ2v) is 9.24. The zero-order valence-corrected chi connectivity index (χ0v) is 20.9. The first kappa shape index (κ1) is 29.7. The van der Waals surface area contributed by atoms with E-state index < -0.39 is 47.9 Å². The van der Waals surface area contributed by atoms with Crippen molar-refractivity contribution < 1.29 is 29.1 Å². The zero-order valence-electron chi connectivity index (χ0n) is 20.9. The van der Waals surface area contributed by atoms with Gasteiger partial charge < -0.3 is 37.8 Å². The molecule has 0 saturated carbocycles. The zero-order chi connectivity index (χ0) is 27.4. The van der Waals surface area contributed by atoms with Crippen molar-refractivity contribution in [1.29, 1.82) is 0 Å². The molecule has 2 rings (SSSR count). The van der Waals surface area contributed by atoms with E-state index in [0.717, 1.165) is 5.56 Å². The van der Waals surface area contributed by atoms with Crippen molar-refractivity contribution in [2.24, 2.45) is 17.2 Å². The highest BCUT2D eigenvalue weighted by molar-refractivity contribution is 5.94. The minimum Gasteiger partial charge on any atom is -0.480 e. The Morgan fingerprint density at radius 3 is 2.35 bits per heavy atom. The Bertz CT molecular complexity index is 943. The largest absolute Gasteiger partial charge is 0.480 e. The molecule has 1 aromatic rings. The average molecular weight is 519 g/mol. The quantitative estimate of drug-likeness (QED) is 0.158. The number of carbonyl (C=O) groups is 5. The van der Waals surface area contributed by atoms with E-state index in [1.165, 1.54) is 4.90 Å². The summed E-state index contributed by atoms with van der Waals surface area (Å²) >= 11 is 0. The highest BCUT2D eigenvalue weighted by atomic mass is 16.4. The minimum atomic E-state index is -1.22. The van der Waals surface area contributed by atoms with Gasteiger partial charge in [0.2, 0.25) is 23.6 Å². The van der Waals surface area contributed by atoms with Gasteiger partial charge in [-0.25, -0.2) is 4.79 Å². The van der Waals surface area contributed by atoms with Crippen LogP contribution in [0, 0.1) is 0 Å². The van der Waals surface area contributed by atoms with Crippen LogP contribution >= 0.6 is 0 Å². The Morgan fingerprint density at radius 1 is 1.03 bits per heavy atom. The highest BCUT2D eigenvalue weighted by Gasteiger charge is 2.38. The second-order valence-electron chi connectivity index (χ2n) is 9.24. The first-order valence-corrected chi connectivity index (χ1v) is 12.6. The van der Waals surface area contributed by atoms with Crippen LogP contribution in [-0.4, -0.2) is 76.9 Å². The van der Waals surface area contributed by atoms with E-state index in [4.69, 9.17) is 17.2 Å². The van der Waals surface area contributed by atoms with E-state index in [2.05, 4.69) is 10.6 Å². The molecule has 0 bridgehead atoms. The normalized spacial score (nSPS) is 17.5. The van der Waals surface area contributed by atoms with Gasteiger partial charge >= 0.3 is 5.97 Å². The van der Waals surface area contributed by atoms with Gasteiger partial charge in [-0.15, -0.1) is 0 Å². The number of nitrogens with zero attached hydrogens (tertiary/aromatic N) is 1. The van der Waals surface area contributed by atoms with Crippen LogP contribution in [0.25, 0.3) is 0 Å². The van der Waals surface area contributed by atoms with Crippen molar-refractivity contribution in [3.8, 4) is 0 Å². The predicted molar refractivity (Wildman–Crippen MR) is 136 cm³/mol. The number of likely N-dealkylation sites (tertiary alicyclic amines) is 1. The Balaban J connectivity index is 2.07. The summed E-state index contributed by atoms with van der Waals surface area (Å²) in [5, 5.41) is 14.5. The molecule has 12 heteroatoms. The molecule has 0 aliphatic carbocycles. The van der Waals surface area contributed by atoms with Crippen LogP contribution in [0.4, 0.5) is 0 Å². The third kappa shape index (κ3) is 9.47. The van der Waals surface area contributed by atoms with Crippen LogP contribution < -0.4 is 27.8 Å². The summed E-state index contributed by atoms with van der Waals surface area (Å²) in [7, 11) is 0. The molecule has 37 heavy (non-hydrogen) atoms.